The minimum absolute atomic E-state index is 0.198. The van der Waals surface area contributed by atoms with Gasteiger partial charge in [0.1, 0.15) is 6.54 Å². The number of carbonyl (C=O) groups excluding carboxylic acids is 1. The van der Waals surface area contributed by atoms with E-state index in [0.29, 0.717) is 16.4 Å². The van der Waals surface area contributed by atoms with Gasteiger partial charge in [0.25, 0.3) is 0 Å². The molecule has 3 aromatic carbocycles. The van der Waals surface area contributed by atoms with Gasteiger partial charge in [0.15, 0.2) is 0 Å². The number of rotatable bonds is 5. The molecular formula is C19H16Cl2N2O3S. The lowest BCUT2D eigenvalue weighted by Crippen LogP contribution is -2.37. The Bertz CT molecular complexity index is 1110. The van der Waals surface area contributed by atoms with Gasteiger partial charge >= 0.3 is 0 Å². The van der Waals surface area contributed by atoms with Gasteiger partial charge in [-0.15, -0.1) is 0 Å². The van der Waals surface area contributed by atoms with E-state index in [0.717, 1.165) is 21.3 Å². The molecular weight excluding hydrogens is 407 g/mol. The summed E-state index contributed by atoms with van der Waals surface area (Å²) in [7, 11) is -3.70. The number of halogens is 2. The highest BCUT2D eigenvalue weighted by molar-refractivity contribution is 7.92. The zero-order chi connectivity index (χ0) is 19.6. The molecule has 0 unspecified atom stereocenters. The van der Waals surface area contributed by atoms with E-state index in [1.807, 2.05) is 30.3 Å². The van der Waals surface area contributed by atoms with E-state index in [1.54, 1.807) is 30.3 Å². The summed E-state index contributed by atoms with van der Waals surface area (Å²) in [6, 6.07) is 17.5. The molecule has 8 heteroatoms. The van der Waals surface area contributed by atoms with Crippen LogP contribution in [-0.4, -0.2) is 27.1 Å². The molecule has 0 bridgehead atoms. The Kier molecular flexibility index (Phi) is 5.60. The molecule has 27 heavy (non-hydrogen) atoms. The molecule has 0 aliphatic heterocycles. The van der Waals surface area contributed by atoms with Crippen molar-refractivity contribution in [1.29, 1.82) is 0 Å². The number of hydrogen-bond acceptors (Lipinski definition) is 3. The third-order valence-electron chi connectivity index (χ3n) is 3.95. The molecule has 0 atom stereocenters. The van der Waals surface area contributed by atoms with Crippen LogP contribution in [0.4, 0.5) is 11.4 Å². The van der Waals surface area contributed by atoms with Crippen LogP contribution in [0.5, 0.6) is 0 Å². The second-order valence-electron chi connectivity index (χ2n) is 5.92. The summed E-state index contributed by atoms with van der Waals surface area (Å²) in [6.45, 7) is -0.393. The summed E-state index contributed by atoms with van der Waals surface area (Å²) < 4.78 is 25.8. The standard InChI is InChI=1S/C19H16Cl2N2O3S/c1-27(25,26)23(17-11-4-7-13-6-2-3-8-14(13)17)12-18(24)22-16-10-5-9-15(20)19(16)21/h2-11H,12H2,1H3,(H,22,24). The molecule has 0 fully saturated rings. The summed E-state index contributed by atoms with van der Waals surface area (Å²) in [4.78, 5) is 12.5. The van der Waals surface area contributed by atoms with Crippen LogP contribution in [0.2, 0.25) is 10.0 Å². The lowest BCUT2D eigenvalue weighted by Gasteiger charge is -2.23. The van der Waals surface area contributed by atoms with E-state index in [2.05, 4.69) is 5.32 Å². The van der Waals surface area contributed by atoms with Crippen LogP contribution in [0.25, 0.3) is 10.8 Å². The molecule has 0 heterocycles. The Morgan fingerprint density at radius 2 is 1.67 bits per heavy atom. The average molecular weight is 423 g/mol. The van der Waals surface area contributed by atoms with Crippen molar-refractivity contribution >= 4 is 61.3 Å². The highest BCUT2D eigenvalue weighted by Crippen LogP contribution is 2.31. The average Bonchev–Trinajstić information content (AvgIpc) is 2.62. The molecule has 0 aliphatic carbocycles. The van der Waals surface area contributed by atoms with E-state index in [4.69, 9.17) is 23.2 Å². The number of hydrogen-bond donors (Lipinski definition) is 1. The van der Waals surface area contributed by atoms with E-state index in [9.17, 15) is 13.2 Å². The van der Waals surface area contributed by atoms with Crippen molar-refractivity contribution in [2.75, 3.05) is 22.4 Å². The Labute approximate surface area is 167 Å². The van der Waals surface area contributed by atoms with Crippen molar-refractivity contribution < 1.29 is 13.2 Å². The number of anilines is 2. The van der Waals surface area contributed by atoms with Gasteiger partial charge in [-0.05, 0) is 23.6 Å². The SMILES string of the molecule is CS(=O)(=O)N(CC(=O)Nc1cccc(Cl)c1Cl)c1cccc2ccccc12. The predicted molar refractivity (Wildman–Crippen MR) is 111 cm³/mol. The summed E-state index contributed by atoms with van der Waals surface area (Å²) in [5.41, 5.74) is 0.753. The lowest BCUT2D eigenvalue weighted by atomic mass is 10.1. The van der Waals surface area contributed by atoms with Gasteiger partial charge in [-0.25, -0.2) is 8.42 Å². The Balaban J connectivity index is 1.95. The minimum Gasteiger partial charge on any atom is -0.323 e. The second-order valence-corrected chi connectivity index (χ2v) is 8.61. The third kappa shape index (κ3) is 4.35. The first-order valence-electron chi connectivity index (χ1n) is 7.97. The molecule has 140 valence electrons. The van der Waals surface area contributed by atoms with Crippen LogP contribution in [0.1, 0.15) is 0 Å². The van der Waals surface area contributed by atoms with Crippen molar-refractivity contribution in [2.45, 2.75) is 0 Å². The first kappa shape index (κ1) is 19.5. The number of amides is 1. The highest BCUT2D eigenvalue weighted by atomic mass is 35.5. The number of sulfonamides is 1. The zero-order valence-electron chi connectivity index (χ0n) is 14.3. The van der Waals surface area contributed by atoms with Crippen molar-refractivity contribution in [1.82, 2.24) is 0 Å². The van der Waals surface area contributed by atoms with Crippen LogP contribution >= 0.6 is 23.2 Å². The lowest BCUT2D eigenvalue weighted by molar-refractivity contribution is -0.114. The second kappa shape index (κ2) is 7.76. The van der Waals surface area contributed by atoms with E-state index in [1.165, 1.54) is 0 Å². The zero-order valence-corrected chi connectivity index (χ0v) is 16.6. The number of nitrogens with zero attached hydrogens (tertiary/aromatic N) is 1. The molecule has 1 amide bonds. The van der Waals surface area contributed by atoms with Crippen molar-refractivity contribution in [3.05, 3.63) is 70.7 Å². The first-order valence-corrected chi connectivity index (χ1v) is 10.6. The van der Waals surface area contributed by atoms with Gasteiger partial charge in [-0.2, -0.15) is 0 Å². The quantitative estimate of drug-likeness (QED) is 0.655. The summed E-state index contributed by atoms with van der Waals surface area (Å²) in [5.74, 6) is -0.530. The van der Waals surface area contributed by atoms with Gasteiger partial charge in [0, 0.05) is 5.39 Å². The fraction of sp³-hybridized carbons (Fsp3) is 0.105. The molecule has 3 aromatic rings. The topological polar surface area (TPSA) is 66.5 Å². The van der Waals surface area contributed by atoms with E-state index >= 15 is 0 Å². The maximum absolute atomic E-state index is 12.5. The highest BCUT2D eigenvalue weighted by Gasteiger charge is 2.23. The fourth-order valence-electron chi connectivity index (χ4n) is 2.73. The maximum Gasteiger partial charge on any atom is 0.245 e. The smallest absolute Gasteiger partial charge is 0.245 e. The van der Waals surface area contributed by atoms with Gasteiger partial charge in [-0.3, -0.25) is 9.10 Å². The molecule has 5 nitrogen and oxygen atoms in total. The van der Waals surface area contributed by atoms with E-state index < -0.39 is 22.5 Å². The molecule has 0 saturated carbocycles. The van der Waals surface area contributed by atoms with Crippen LogP contribution in [0.15, 0.2) is 60.7 Å². The third-order valence-corrected chi connectivity index (χ3v) is 5.89. The molecule has 1 N–H and O–H groups in total. The normalized spacial score (nSPS) is 11.4. The van der Waals surface area contributed by atoms with Crippen molar-refractivity contribution in [3.8, 4) is 0 Å². The van der Waals surface area contributed by atoms with Gasteiger partial charge in [0.2, 0.25) is 15.9 Å². The van der Waals surface area contributed by atoms with Crippen LogP contribution in [0.3, 0.4) is 0 Å². The van der Waals surface area contributed by atoms with Gasteiger partial charge in [0.05, 0.1) is 27.7 Å². The monoisotopic (exact) mass is 422 g/mol. The molecule has 0 aromatic heterocycles. The largest absolute Gasteiger partial charge is 0.323 e. The Morgan fingerprint density at radius 1 is 1.00 bits per heavy atom. The molecule has 0 radical (unpaired) electrons. The number of benzene rings is 3. The molecule has 0 aliphatic rings. The molecule has 0 spiro atoms. The molecule has 3 rings (SSSR count). The van der Waals surface area contributed by atoms with Gasteiger partial charge in [-0.1, -0.05) is 65.7 Å². The van der Waals surface area contributed by atoms with Crippen LogP contribution in [0, 0.1) is 0 Å². The van der Waals surface area contributed by atoms with Crippen LogP contribution in [-0.2, 0) is 14.8 Å². The first-order chi connectivity index (χ1) is 12.8. The van der Waals surface area contributed by atoms with Gasteiger partial charge < -0.3 is 5.32 Å². The minimum atomic E-state index is -3.70. The van der Waals surface area contributed by atoms with Crippen molar-refractivity contribution in [2.24, 2.45) is 0 Å². The summed E-state index contributed by atoms with van der Waals surface area (Å²) in [6.07, 6.45) is 1.06. The predicted octanol–water partition coefficient (Wildman–Crippen LogP) is 4.55. The Morgan fingerprint density at radius 3 is 2.41 bits per heavy atom. The number of fused-ring (bicyclic) bond motifs is 1. The van der Waals surface area contributed by atoms with E-state index in [-0.39, 0.29) is 5.02 Å². The summed E-state index contributed by atoms with van der Waals surface area (Å²) in [5, 5.41) is 4.71. The van der Waals surface area contributed by atoms with Crippen molar-refractivity contribution in [3.63, 3.8) is 0 Å². The number of nitrogens with one attached hydrogen (secondary N) is 1. The Hall–Kier alpha value is -2.28. The van der Waals surface area contributed by atoms with Crippen LogP contribution < -0.4 is 9.62 Å². The number of carbonyl (C=O) groups is 1. The maximum atomic E-state index is 12.5. The molecule has 0 saturated heterocycles. The fourth-order valence-corrected chi connectivity index (χ4v) is 3.94. The summed E-state index contributed by atoms with van der Waals surface area (Å²) >= 11 is 12.0.